The summed E-state index contributed by atoms with van der Waals surface area (Å²) in [7, 11) is 0. The van der Waals surface area contributed by atoms with Crippen molar-refractivity contribution >= 4 is 28.1 Å². The van der Waals surface area contributed by atoms with Crippen LogP contribution in [0.2, 0.25) is 0 Å². The number of fused-ring (bicyclic) bond motifs is 1. The van der Waals surface area contributed by atoms with Gasteiger partial charge < -0.3 is 10.3 Å². The average molecular weight is 288 g/mol. The molecule has 0 radical (unpaired) electrons. The summed E-state index contributed by atoms with van der Waals surface area (Å²) in [5.74, 6) is 0. The molecule has 108 valence electrons. The Balaban J connectivity index is 1.73. The first-order chi connectivity index (χ1) is 9.81. The Morgan fingerprint density at radius 1 is 1.20 bits per heavy atom. The van der Waals surface area contributed by atoms with Crippen LogP contribution in [0, 0.1) is 0 Å². The highest BCUT2D eigenvalue weighted by atomic mass is 32.1. The maximum atomic E-state index is 5.41. The first-order valence-corrected chi connectivity index (χ1v) is 8.03. The molecule has 0 unspecified atom stereocenters. The van der Waals surface area contributed by atoms with Crippen LogP contribution >= 0.6 is 12.2 Å². The van der Waals surface area contributed by atoms with Crippen LogP contribution in [0.4, 0.5) is 0 Å². The molecule has 1 heterocycles. The number of nitrogens with one attached hydrogen (secondary N) is 2. The number of thiocarbonyl (C=S) groups is 1. The Kier molecular flexibility index (Phi) is 6.06. The van der Waals surface area contributed by atoms with Crippen LogP contribution in [0.25, 0.3) is 10.9 Å². The average Bonchev–Trinajstić information content (AvgIpc) is 2.88. The Bertz CT molecular complexity index is 545. The van der Waals surface area contributed by atoms with Crippen molar-refractivity contribution in [1.29, 1.82) is 0 Å². The van der Waals surface area contributed by atoms with Crippen LogP contribution < -0.4 is 5.32 Å². The molecule has 0 aliphatic carbocycles. The lowest BCUT2D eigenvalue weighted by molar-refractivity contribution is 0.653. The molecule has 1 aromatic heterocycles. The largest absolute Gasteiger partial charge is 0.380 e. The van der Waals surface area contributed by atoms with E-state index >= 15 is 0 Å². The van der Waals surface area contributed by atoms with Gasteiger partial charge in [0.2, 0.25) is 0 Å². The molecule has 2 aromatic rings. The van der Waals surface area contributed by atoms with Gasteiger partial charge in [0, 0.05) is 30.1 Å². The number of rotatable bonds is 8. The lowest BCUT2D eigenvalue weighted by Crippen LogP contribution is -2.22. The van der Waals surface area contributed by atoms with Crippen molar-refractivity contribution in [3.05, 3.63) is 36.0 Å². The molecule has 2 N–H and O–H groups in total. The van der Waals surface area contributed by atoms with Crippen molar-refractivity contribution in [3.8, 4) is 0 Å². The maximum Gasteiger partial charge on any atom is 0.0756 e. The van der Waals surface area contributed by atoms with E-state index in [1.54, 1.807) is 0 Å². The Morgan fingerprint density at radius 3 is 2.90 bits per heavy atom. The molecule has 0 fully saturated rings. The second kappa shape index (κ2) is 8.05. The number of para-hydroxylation sites is 1. The van der Waals surface area contributed by atoms with E-state index in [1.807, 2.05) is 0 Å². The predicted octanol–water partition coefficient (Wildman–Crippen LogP) is 4.60. The highest BCUT2D eigenvalue weighted by molar-refractivity contribution is 7.80. The first-order valence-electron chi connectivity index (χ1n) is 7.63. The van der Waals surface area contributed by atoms with Gasteiger partial charge in [0.25, 0.3) is 0 Å². The summed E-state index contributed by atoms with van der Waals surface area (Å²) in [4.78, 5) is 4.31. The zero-order valence-electron chi connectivity index (χ0n) is 12.2. The van der Waals surface area contributed by atoms with Gasteiger partial charge in [-0.3, -0.25) is 0 Å². The van der Waals surface area contributed by atoms with E-state index in [9.17, 15) is 0 Å². The smallest absolute Gasteiger partial charge is 0.0756 e. The van der Waals surface area contributed by atoms with Gasteiger partial charge >= 0.3 is 0 Å². The monoisotopic (exact) mass is 288 g/mol. The first kappa shape index (κ1) is 15.0. The molecule has 0 spiro atoms. The van der Waals surface area contributed by atoms with Crippen molar-refractivity contribution in [1.82, 2.24) is 10.3 Å². The number of benzene rings is 1. The van der Waals surface area contributed by atoms with Crippen molar-refractivity contribution in [2.24, 2.45) is 0 Å². The molecule has 0 saturated carbocycles. The summed E-state index contributed by atoms with van der Waals surface area (Å²) in [6.45, 7) is 3.26. The minimum atomic E-state index is 0.935. The summed E-state index contributed by atoms with van der Waals surface area (Å²) in [6.07, 6.45) is 9.18. The zero-order chi connectivity index (χ0) is 14.2. The number of unbranched alkanes of at least 4 members (excludes halogenated alkanes) is 3. The number of hydrogen-bond acceptors (Lipinski definition) is 1. The molecule has 2 rings (SSSR count). The second-order valence-corrected chi connectivity index (χ2v) is 5.76. The third-order valence-electron chi connectivity index (χ3n) is 3.65. The lowest BCUT2D eigenvalue weighted by Gasteiger charge is -2.07. The van der Waals surface area contributed by atoms with E-state index in [0.29, 0.717) is 0 Å². The molecule has 1 aromatic carbocycles. The molecule has 3 heteroatoms. The second-order valence-electron chi connectivity index (χ2n) is 5.27. The minimum Gasteiger partial charge on any atom is -0.380 e. The van der Waals surface area contributed by atoms with Crippen LogP contribution in [0.15, 0.2) is 30.5 Å². The van der Waals surface area contributed by atoms with Gasteiger partial charge in [0.05, 0.1) is 4.99 Å². The molecule has 0 atom stereocenters. The van der Waals surface area contributed by atoms with Gasteiger partial charge in [-0.1, -0.05) is 56.6 Å². The summed E-state index contributed by atoms with van der Waals surface area (Å²) in [5.41, 5.74) is 2.57. The fourth-order valence-corrected chi connectivity index (χ4v) is 2.66. The number of aromatic amines is 1. The number of H-pyrrole nitrogens is 1. The number of aromatic nitrogens is 1. The highest BCUT2D eigenvalue weighted by Crippen LogP contribution is 2.18. The standard InChI is InChI=1S/C17H24N2S/c1-2-3-4-7-12-18-17(20)11-10-14-13-19-16-9-6-5-8-15(14)16/h5-6,8-9,13,19H,2-4,7,10-12H2,1H3,(H,18,20). The maximum absolute atomic E-state index is 5.41. The van der Waals surface area contributed by atoms with Crippen LogP contribution in [0.1, 0.15) is 44.6 Å². The minimum absolute atomic E-state index is 0.935. The summed E-state index contributed by atoms with van der Waals surface area (Å²) in [6, 6.07) is 8.43. The summed E-state index contributed by atoms with van der Waals surface area (Å²) in [5, 5.41) is 4.69. The van der Waals surface area contributed by atoms with E-state index in [1.165, 1.54) is 42.1 Å². The van der Waals surface area contributed by atoms with Crippen molar-refractivity contribution in [3.63, 3.8) is 0 Å². The molecular weight excluding hydrogens is 264 g/mol. The summed E-state index contributed by atoms with van der Waals surface area (Å²) >= 11 is 5.41. The van der Waals surface area contributed by atoms with Gasteiger partial charge in [0.15, 0.2) is 0 Å². The van der Waals surface area contributed by atoms with Gasteiger partial charge in [-0.25, -0.2) is 0 Å². The zero-order valence-corrected chi connectivity index (χ0v) is 13.1. The molecule has 0 bridgehead atoms. The van der Waals surface area contributed by atoms with Gasteiger partial charge in [-0.15, -0.1) is 0 Å². The Morgan fingerprint density at radius 2 is 2.05 bits per heavy atom. The molecule has 0 amide bonds. The normalized spacial score (nSPS) is 10.8. The third kappa shape index (κ3) is 4.34. The van der Waals surface area contributed by atoms with Crippen LogP contribution in [-0.4, -0.2) is 16.5 Å². The molecule has 0 aliphatic rings. The molecular formula is C17H24N2S. The van der Waals surface area contributed by atoms with E-state index in [0.717, 1.165) is 24.4 Å². The topological polar surface area (TPSA) is 27.8 Å². The van der Waals surface area contributed by atoms with Gasteiger partial charge in [-0.2, -0.15) is 0 Å². The number of aryl methyl sites for hydroxylation is 1. The van der Waals surface area contributed by atoms with Gasteiger partial charge in [0.1, 0.15) is 0 Å². The Labute approximate surface area is 127 Å². The molecule has 0 aliphatic heterocycles. The predicted molar refractivity (Wildman–Crippen MR) is 91.4 cm³/mol. The quantitative estimate of drug-likeness (QED) is 0.549. The van der Waals surface area contributed by atoms with Crippen LogP contribution in [0.5, 0.6) is 0 Å². The Hall–Kier alpha value is -1.35. The van der Waals surface area contributed by atoms with Crippen LogP contribution in [0.3, 0.4) is 0 Å². The lowest BCUT2D eigenvalue weighted by atomic mass is 10.1. The summed E-state index contributed by atoms with van der Waals surface area (Å²) < 4.78 is 0. The highest BCUT2D eigenvalue weighted by Gasteiger charge is 2.04. The molecule has 0 saturated heterocycles. The molecule has 20 heavy (non-hydrogen) atoms. The van der Waals surface area contributed by atoms with E-state index in [-0.39, 0.29) is 0 Å². The van der Waals surface area contributed by atoms with E-state index in [4.69, 9.17) is 12.2 Å². The van der Waals surface area contributed by atoms with Crippen molar-refractivity contribution < 1.29 is 0 Å². The van der Waals surface area contributed by atoms with Crippen molar-refractivity contribution in [2.45, 2.75) is 45.4 Å². The van der Waals surface area contributed by atoms with Crippen molar-refractivity contribution in [2.75, 3.05) is 6.54 Å². The number of hydrogen-bond donors (Lipinski definition) is 2. The van der Waals surface area contributed by atoms with Gasteiger partial charge in [-0.05, 0) is 24.5 Å². The molecule has 2 nitrogen and oxygen atoms in total. The fraction of sp³-hybridized carbons (Fsp3) is 0.471. The third-order valence-corrected chi connectivity index (χ3v) is 4.00. The van der Waals surface area contributed by atoms with E-state index in [2.05, 4.69) is 47.7 Å². The van der Waals surface area contributed by atoms with Crippen LogP contribution in [-0.2, 0) is 6.42 Å². The SMILES string of the molecule is CCCCCCNC(=S)CCc1c[nH]c2ccccc12. The fourth-order valence-electron chi connectivity index (χ4n) is 2.45. The van der Waals surface area contributed by atoms with E-state index < -0.39 is 0 Å².